The Kier molecular flexibility index (Phi) is 3.28. The molecule has 4 atom stereocenters. The van der Waals surface area contributed by atoms with Crippen molar-refractivity contribution in [1.29, 1.82) is 0 Å². The van der Waals surface area contributed by atoms with Gasteiger partial charge in [0.2, 0.25) is 0 Å². The average Bonchev–Trinajstić information content (AvgIpc) is 2.51. The number of benzene rings is 1. The van der Waals surface area contributed by atoms with Crippen LogP contribution in [0.5, 0.6) is 11.5 Å². The third kappa shape index (κ3) is 1.85. The lowest BCUT2D eigenvalue weighted by Gasteiger charge is -2.60. The number of carbonyl (C=O) groups is 1. The van der Waals surface area contributed by atoms with Crippen LogP contribution in [-0.2, 0) is 14.9 Å². The molecule has 1 saturated carbocycles. The van der Waals surface area contributed by atoms with E-state index >= 15 is 0 Å². The van der Waals surface area contributed by atoms with Gasteiger partial charge in [0.05, 0.1) is 6.10 Å². The summed E-state index contributed by atoms with van der Waals surface area (Å²) in [5.74, 6) is -1.07. The molecule has 5 heteroatoms. The second-order valence-corrected chi connectivity index (χ2v) is 8.89. The van der Waals surface area contributed by atoms with Gasteiger partial charge in [-0.1, -0.05) is 34.1 Å². The molecule has 2 bridgehead atoms. The van der Waals surface area contributed by atoms with Crippen LogP contribution in [0, 0.1) is 11.3 Å². The fourth-order valence-corrected chi connectivity index (χ4v) is 5.71. The highest BCUT2D eigenvalue weighted by atomic mass is 16.6. The summed E-state index contributed by atoms with van der Waals surface area (Å²) in [5.41, 5.74) is 0.405. The number of phenolic OH excluding ortho intramolecular Hbond substituents is 2. The van der Waals surface area contributed by atoms with Crippen molar-refractivity contribution in [3.8, 4) is 11.5 Å². The zero-order chi connectivity index (χ0) is 18.3. The first-order valence-electron chi connectivity index (χ1n) is 9.11. The van der Waals surface area contributed by atoms with Crippen LogP contribution in [0.1, 0.15) is 75.7 Å². The summed E-state index contributed by atoms with van der Waals surface area (Å²) >= 11 is 0. The molecule has 0 amide bonds. The van der Waals surface area contributed by atoms with E-state index in [1.54, 1.807) is 6.07 Å². The molecule has 2 aliphatic heterocycles. The van der Waals surface area contributed by atoms with Crippen LogP contribution in [0.2, 0.25) is 0 Å². The van der Waals surface area contributed by atoms with Crippen molar-refractivity contribution in [2.24, 2.45) is 11.3 Å². The lowest BCUT2D eigenvalue weighted by Crippen LogP contribution is -2.65. The first-order valence-corrected chi connectivity index (χ1v) is 9.11. The summed E-state index contributed by atoms with van der Waals surface area (Å²) in [7, 11) is 0. The van der Waals surface area contributed by atoms with Crippen LogP contribution >= 0.6 is 0 Å². The van der Waals surface area contributed by atoms with E-state index in [0.29, 0.717) is 23.1 Å². The second kappa shape index (κ2) is 4.91. The quantitative estimate of drug-likeness (QED) is 0.537. The van der Waals surface area contributed by atoms with Crippen LogP contribution in [0.4, 0.5) is 0 Å². The predicted octanol–water partition coefficient (Wildman–Crippen LogP) is 3.26. The minimum atomic E-state index is -1.08. The number of aliphatic hydroxyl groups excluding tert-OH is 1. The van der Waals surface area contributed by atoms with Crippen LogP contribution in [0.25, 0.3) is 0 Å². The van der Waals surface area contributed by atoms with Gasteiger partial charge >= 0.3 is 5.97 Å². The summed E-state index contributed by atoms with van der Waals surface area (Å²) < 4.78 is 5.63. The number of hydrogen-bond acceptors (Lipinski definition) is 5. The van der Waals surface area contributed by atoms with Gasteiger partial charge in [0.1, 0.15) is 5.41 Å². The van der Waals surface area contributed by atoms with Gasteiger partial charge in [-0.05, 0) is 30.2 Å². The summed E-state index contributed by atoms with van der Waals surface area (Å²) in [6.45, 7) is 7.98. The Labute approximate surface area is 147 Å². The van der Waals surface area contributed by atoms with Crippen molar-refractivity contribution in [2.75, 3.05) is 0 Å². The minimum absolute atomic E-state index is 0.000547. The predicted molar refractivity (Wildman–Crippen MR) is 91.5 cm³/mol. The van der Waals surface area contributed by atoms with Crippen LogP contribution in [-0.4, -0.2) is 27.4 Å². The molecule has 1 aromatic rings. The maximum Gasteiger partial charge on any atom is 0.317 e. The van der Waals surface area contributed by atoms with Crippen LogP contribution < -0.4 is 0 Å². The fraction of sp³-hybridized carbons (Fsp3) is 0.650. The van der Waals surface area contributed by atoms with E-state index in [4.69, 9.17) is 4.74 Å². The van der Waals surface area contributed by atoms with Gasteiger partial charge in [-0.15, -0.1) is 0 Å². The number of rotatable bonds is 1. The number of fused-ring (bicyclic) bond motifs is 1. The summed E-state index contributed by atoms with van der Waals surface area (Å²) in [6, 6.07) is 1.80. The first-order chi connectivity index (χ1) is 11.6. The standard InChI is InChI=1S/C20H26O5/c1-9(2)10-8-11-12(14(22)13(10)21)20-7-5-6-19(3,4)17(20)15(23)16(11)25-18(20)24/h8-9,15-17,21-23H,5-7H2,1-4H3/t15-,16?,17+,20+/m1/s1. The summed E-state index contributed by atoms with van der Waals surface area (Å²) in [4.78, 5) is 13.0. The highest BCUT2D eigenvalue weighted by molar-refractivity contribution is 5.90. The number of phenols is 2. The maximum absolute atomic E-state index is 13.0. The van der Waals surface area contributed by atoms with Crippen molar-refractivity contribution in [3.05, 3.63) is 22.8 Å². The molecule has 5 nitrogen and oxygen atoms in total. The van der Waals surface area contributed by atoms with E-state index in [1.807, 2.05) is 13.8 Å². The Balaban J connectivity index is 2.06. The highest BCUT2D eigenvalue weighted by Gasteiger charge is 2.68. The van der Waals surface area contributed by atoms with Gasteiger partial charge in [-0.2, -0.15) is 0 Å². The molecule has 2 heterocycles. The smallest absolute Gasteiger partial charge is 0.317 e. The van der Waals surface area contributed by atoms with Gasteiger partial charge in [-0.3, -0.25) is 4.79 Å². The molecule has 0 radical (unpaired) electrons. The second-order valence-electron chi connectivity index (χ2n) is 8.89. The van der Waals surface area contributed by atoms with Gasteiger partial charge in [-0.25, -0.2) is 0 Å². The molecule has 25 heavy (non-hydrogen) atoms. The molecule has 1 spiro atoms. The third-order valence-electron chi connectivity index (χ3n) is 6.72. The van der Waals surface area contributed by atoms with E-state index < -0.39 is 17.6 Å². The number of esters is 1. The van der Waals surface area contributed by atoms with Gasteiger partial charge in [0, 0.05) is 22.6 Å². The monoisotopic (exact) mass is 346 g/mol. The largest absolute Gasteiger partial charge is 0.504 e. The first kappa shape index (κ1) is 16.7. The molecule has 1 unspecified atom stereocenters. The third-order valence-corrected chi connectivity index (χ3v) is 6.72. The summed E-state index contributed by atoms with van der Waals surface area (Å²) in [6.07, 6.45) is 0.648. The van der Waals surface area contributed by atoms with E-state index in [9.17, 15) is 20.1 Å². The topological polar surface area (TPSA) is 87.0 Å². The normalized spacial score (nSPS) is 35.3. The minimum Gasteiger partial charge on any atom is -0.504 e. The Bertz CT molecular complexity index is 766. The van der Waals surface area contributed by atoms with Crippen molar-refractivity contribution in [1.82, 2.24) is 0 Å². The molecule has 1 saturated heterocycles. The van der Waals surface area contributed by atoms with Crippen molar-refractivity contribution in [3.63, 3.8) is 0 Å². The van der Waals surface area contributed by atoms with Crippen LogP contribution in [0.3, 0.4) is 0 Å². The molecule has 4 aliphatic rings. The molecular weight excluding hydrogens is 320 g/mol. The van der Waals surface area contributed by atoms with E-state index in [0.717, 1.165) is 12.8 Å². The number of carbonyl (C=O) groups excluding carboxylic acids is 1. The zero-order valence-electron chi connectivity index (χ0n) is 15.2. The lowest BCUT2D eigenvalue weighted by atomic mass is 9.46. The summed E-state index contributed by atoms with van der Waals surface area (Å²) in [5, 5.41) is 32.5. The molecule has 2 aliphatic carbocycles. The van der Waals surface area contributed by atoms with E-state index in [1.165, 1.54) is 0 Å². The number of aliphatic hydroxyl groups is 1. The Morgan fingerprint density at radius 3 is 2.52 bits per heavy atom. The van der Waals surface area contributed by atoms with E-state index in [-0.39, 0.29) is 34.7 Å². The molecule has 5 rings (SSSR count). The van der Waals surface area contributed by atoms with Crippen molar-refractivity contribution >= 4 is 5.97 Å². The molecule has 136 valence electrons. The zero-order valence-corrected chi connectivity index (χ0v) is 15.2. The van der Waals surface area contributed by atoms with Crippen LogP contribution in [0.15, 0.2) is 6.07 Å². The molecule has 1 aromatic carbocycles. The number of ether oxygens (including phenoxy) is 1. The van der Waals surface area contributed by atoms with Crippen molar-refractivity contribution in [2.45, 2.75) is 70.5 Å². The average molecular weight is 346 g/mol. The van der Waals surface area contributed by atoms with Gasteiger partial charge in [0.25, 0.3) is 0 Å². The molecule has 0 aromatic heterocycles. The van der Waals surface area contributed by atoms with Crippen molar-refractivity contribution < 1.29 is 24.9 Å². The Hall–Kier alpha value is -1.75. The fourth-order valence-electron chi connectivity index (χ4n) is 5.71. The molecule has 3 N–H and O–H groups in total. The lowest BCUT2D eigenvalue weighted by molar-refractivity contribution is -0.213. The molecular formula is C20H26O5. The van der Waals surface area contributed by atoms with E-state index in [2.05, 4.69) is 13.8 Å². The van der Waals surface area contributed by atoms with Gasteiger partial charge < -0.3 is 20.1 Å². The SMILES string of the molecule is CC(C)c1cc2c(c(O)c1O)[C@@]13CCCC(C)(C)[C@@H]1[C@H](O)C2OC3=O. The Morgan fingerprint density at radius 1 is 1.20 bits per heavy atom. The molecule has 2 fully saturated rings. The maximum atomic E-state index is 13.0. The highest BCUT2D eigenvalue weighted by Crippen LogP contribution is 2.66. The Morgan fingerprint density at radius 2 is 1.88 bits per heavy atom. The van der Waals surface area contributed by atoms with Gasteiger partial charge in [0.15, 0.2) is 17.6 Å². The number of aromatic hydroxyl groups is 2. The number of hydrogen-bond donors (Lipinski definition) is 3.